The van der Waals surface area contributed by atoms with Crippen LogP contribution in [0.3, 0.4) is 0 Å². The van der Waals surface area contributed by atoms with E-state index in [4.69, 9.17) is 0 Å². The summed E-state index contributed by atoms with van der Waals surface area (Å²) in [4.78, 5) is 2.32. The Kier molecular flexibility index (Phi) is 3.95. The Morgan fingerprint density at radius 1 is 1.50 bits per heavy atom. The normalized spacial score (nSPS) is 24.2. The Morgan fingerprint density at radius 3 is 2.58 bits per heavy atom. The molecular formula is C9H19FN2. The molecule has 0 spiro atoms. The average molecular weight is 174 g/mol. The number of nitrogens with one attached hydrogen (secondary N) is 1. The molecule has 1 saturated heterocycles. The summed E-state index contributed by atoms with van der Waals surface area (Å²) >= 11 is 0. The molecule has 0 aromatic rings. The van der Waals surface area contributed by atoms with Crippen molar-refractivity contribution in [2.45, 2.75) is 31.8 Å². The SMILES string of the molecule is CC(CF)NC1CCN(C)CC1. The fourth-order valence-electron chi connectivity index (χ4n) is 1.62. The summed E-state index contributed by atoms with van der Waals surface area (Å²) in [5.41, 5.74) is 0. The van der Waals surface area contributed by atoms with Crippen LogP contribution in [0, 0.1) is 0 Å². The van der Waals surface area contributed by atoms with Crippen molar-refractivity contribution < 1.29 is 4.39 Å². The van der Waals surface area contributed by atoms with Crippen LogP contribution in [0.2, 0.25) is 0 Å². The second-order valence-corrected chi connectivity index (χ2v) is 3.80. The molecule has 0 aromatic heterocycles. The standard InChI is InChI=1S/C9H19FN2/c1-8(7-10)11-9-3-5-12(2)6-4-9/h8-9,11H,3-7H2,1-2H3. The molecule has 1 fully saturated rings. The van der Waals surface area contributed by atoms with Crippen molar-refractivity contribution in [3.8, 4) is 0 Å². The van der Waals surface area contributed by atoms with Crippen molar-refractivity contribution >= 4 is 0 Å². The lowest BCUT2D eigenvalue weighted by molar-refractivity contribution is 0.219. The molecule has 0 aromatic carbocycles. The first-order valence-electron chi connectivity index (χ1n) is 4.73. The van der Waals surface area contributed by atoms with Gasteiger partial charge in [-0.25, -0.2) is 4.39 Å². The number of piperidine rings is 1. The number of hydrogen-bond donors (Lipinski definition) is 1. The molecule has 0 saturated carbocycles. The summed E-state index contributed by atoms with van der Waals surface area (Å²) in [6, 6.07) is 0.561. The van der Waals surface area contributed by atoms with Gasteiger partial charge in [0.15, 0.2) is 0 Å². The minimum atomic E-state index is -0.258. The number of rotatable bonds is 3. The van der Waals surface area contributed by atoms with Crippen molar-refractivity contribution in [3.63, 3.8) is 0 Å². The van der Waals surface area contributed by atoms with Gasteiger partial charge in [-0.2, -0.15) is 0 Å². The Morgan fingerprint density at radius 2 is 2.08 bits per heavy atom. The Balaban J connectivity index is 2.17. The highest BCUT2D eigenvalue weighted by molar-refractivity contribution is 4.77. The molecule has 2 nitrogen and oxygen atoms in total. The quantitative estimate of drug-likeness (QED) is 0.687. The molecule has 72 valence electrons. The highest BCUT2D eigenvalue weighted by Gasteiger charge is 2.17. The van der Waals surface area contributed by atoms with Crippen LogP contribution in [-0.4, -0.2) is 43.8 Å². The molecule has 0 radical (unpaired) electrons. The second-order valence-electron chi connectivity index (χ2n) is 3.80. The predicted molar refractivity (Wildman–Crippen MR) is 49.1 cm³/mol. The molecule has 0 amide bonds. The van der Waals surface area contributed by atoms with E-state index in [2.05, 4.69) is 17.3 Å². The summed E-state index contributed by atoms with van der Waals surface area (Å²) in [7, 11) is 2.13. The fourth-order valence-corrected chi connectivity index (χ4v) is 1.62. The van der Waals surface area contributed by atoms with Gasteiger partial charge in [0.2, 0.25) is 0 Å². The van der Waals surface area contributed by atoms with E-state index in [0.717, 1.165) is 25.9 Å². The van der Waals surface area contributed by atoms with Crippen molar-refractivity contribution in [3.05, 3.63) is 0 Å². The van der Waals surface area contributed by atoms with Gasteiger partial charge in [0.1, 0.15) is 6.67 Å². The van der Waals surface area contributed by atoms with E-state index in [0.29, 0.717) is 6.04 Å². The van der Waals surface area contributed by atoms with Gasteiger partial charge < -0.3 is 10.2 Å². The second kappa shape index (κ2) is 4.77. The predicted octanol–water partition coefficient (Wildman–Crippen LogP) is 1.03. The third-order valence-corrected chi connectivity index (χ3v) is 2.47. The largest absolute Gasteiger partial charge is 0.309 e. The maximum absolute atomic E-state index is 12.1. The zero-order valence-electron chi connectivity index (χ0n) is 8.02. The maximum atomic E-state index is 12.1. The Labute approximate surface area is 74.1 Å². The summed E-state index contributed by atoms with van der Waals surface area (Å²) < 4.78 is 12.1. The van der Waals surface area contributed by atoms with E-state index >= 15 is 0 Å². The maximum Gasteiger partial charge on any atom is 0.104 e. The first-order valence-corrected chi connectivity index (χ1v) is 4.73. The van der Waals surface area contributed by atoms with Crippen molar-refractivity contribution in [2.75, 3.05) is 26.8 Å². The lowest BCUT2D eigenvalue weighted by atomic mass is 10.0. The van der Waals surface area contributed by atoms with Crippen LogP contribution in [0.15, 0.2) is 0 Å². The van der Waals surface area contributed by atoms with E-state index in [1.165, 1.54) is 0 Å². The summed E-state index contributed by atoms with van der Waals surface area (Å²) in [6.07, 6.45) is 2.31. The van der Waals surface area contributed by atoms with Gasteiger partial charge in [-0.05, 0) is 39.9 Å². The third kappa shape index (κ3) is 3.07. The molecular weight excluding hydrogens is 155 g/mol. The summed E-state index contributed by atoms with van der Waals surface area (Å²) in [5.74, 6) is 0. The molecule has 12 heavy (non-hydrogen) atoms. The lowest BCUT2D eigenvalue weighted by Crippen LogP contribution is -2.44. The topological polar surface area (TPSA) is 15.3 Å². The molecule has 1 N–H and O–H groups in total. The molecule has 1 aliphatic rings. The van der Waals surface area contributed by atoms with E-state index in [1.807, 2.05) is 6.92 Å². The molecule has 0 bridgehead atoms. The molecule has 1 atom stereocenters. The lowest BCUT2D eigenvalue weighted by Gasteiger charge is -2.31. The van der Waals surface area contributed by atoms with Crippen molar-refractivity contribution in [2.24, 2.45) is 0 Å². The van der Waals surface area contributed by atoms with Crippen molar-refractivity contribution in [1.29, 1.82) is 0 Å². The fraction of sp³-hybridized carbons (Fsp3) is 1.00. The number of hydrogen-bond acceptors (Lipinski definition) is 2. The number of alkyl halides is 1. The van der Waals surface area contributed by atoms with Crippen LogP contribution >= 0.6 is 0 Å². The number of likely N-dealkylation sites (tertiary alicyclic amines) is 1. The van der Waals surface area contributed by atoms with Gasteiger partial charge in [0.25, 0.3) is 0 Å². The van der Waals surface area contributed by atoms with E-state index in [-0.39, 0.29) is 12.7 Å². The van der Waals surface area contributed by atoms with Crippen LogP contribution in [-0.2, 0) is 0 Å². The van der Waals surface area contributed by atoms with E-state index in [1.54, 1.807) is 0 Å². The smallest absolute Gasteiger partial charge is 0.104 e. The van der Waals surface area contributed by atoms with Gasteiger partial charge in [0, 0.05) is 12.1 Å². The minimum Gasteiger partial charge on any atom is -0.309 e. The number of nitrogens with zero attached hydrogens (tertiary/aromatic N) is 1. The van der Waals surface area contributed by atoms with Crippen molar-refractivity contribution in [1.82, 2.24) is 10.2 Å². The highest BCUT2D eigenvalue weighted by Crippen LogP contribution is 2.08. The van der Waals surface area contributed by atoms with Gasteiger partial charge in [0.05, 0.1) is 0 Å². The van der Waals surface area contributed by atoms with Crippen LogP contribution in [0.1, 0.15) is 19.8 Å². The molecule has 1 aliphatic heterocycles. The monoisotopic (exact) mass is 174 g/mol. The Bertz CT molecular complexity index is 122. The minimum absolute atomic E-state index is 0.0263. The summed E-state index contributed by atoms with van der Waals surface area (Å²) in [6.45, 7) is 3.91. The molecule has 1 unspecified atom stereocenters. The third-order valence-electron chi connectivity index (χ3n) is 2.47. The first-order chi connectivity index (χ1) is 5.72. The van der Waals surface area contributed by atoms with Gasteiger partial charge in [-0.15, -0.1) is 0 Å². The summed E-state index contributed by atoms with van der Waals surface area (Å²) in [5, 5.41) is 3.29. The first kappa shape index (κ1) is 9.93. The van der Waals surface area contributed by atoms with E-state index < -0.39 is 0 Å². The number of halogens is 1. The molecule has 1 rings (SSSR count). The van der Waals surface area contributed by atoms with E-state index in [9.17, 15) is 4.39 Å². The van der Waals surface area contributed by atoms with Crippen LogP contribution in [0.4, 0.5) is 4.39 Å². The van der Waals surface area contributed by atoms with Crippen LogP contribution < -0.4 is 5.32 Å². The zero-order chi connectivity index (χ0) is 8.97. The highest BCUT2D eigenvalue weighted by atomic mass is 19.1. The molecule has 3 heteroatoms. The van der Waals surface area contributed by atoms with Gasteiger partial charge in [-0.1, -0.05) is 0 Å². The van der Waals surface area contributed by atoms with Gasteiger partial charge in [-0.3, -0.25) is 0 Å². The Hall–Kier alpha value is -0.150. The average Bonchev–Trinajstić information content (AvgIpc) is 2.09. The van der Waals surface area contributed by atoms with Gasteiger partial charge >= 0.3 is 0 Å². The molecule has 0 aliphatic carbocycles. The van der Waals surface area contributed by atoms with Crippen LogP contribution in [0.5, 0.6) is 0 Å². The van der Waals surface area contributed by atoms with Crippen LogP contribution in [0.25, 0.3) is 0 Å². The molecule has 1 heterocycles. The zero-order valence-corrected chi connectivity index (χ0v) is 8.02.